The van der Waals surface area contributed by atoms with E-state index < -0.39 is 16.8 Å². The fourth-order valence-electron chi connectivity index (χ4n) is 1.45. The van der Waals surface area contributed by atoms with Gasteiger partial charge in [0, 0.05) is 5.69 Å². The molecule has 0 atom stereocenters. The highest BCUT2D eigenvalue weighted by Gasteiger charge is 2.32. The SMILES string of the molecule is Nc1ccc(/N=N/c2ccc(C(F)(F)F)c(Cl)c2)cc1. The molecule has 0 amide bonds. The minimum atomic E-state index is -4.48. The van der Waals surface area contributed by atoms with Crippen LogP contribution in [0.3, 0.4) is 0 Å². The molecule has 0 aliphatic carbocycles. The molecule has 0 bridgehead atoms. The minimum Gasteiger partial charge on any atom is -0.399 e. The summed E-state index contributed by atoms with van der Waals surface area (Å²) in [6.45, 7) is 0. The lowest BCUT2D eigenvalue weighted by molar-refractivity contribution is -0.137. The van der Waals surface area contributed by atoms with Crippen molar-refractivity contribution in [2.45, 2.75) is 6.18 Å². The molecule has 0 aromatic heterocycles. The Hall–Kier alpha value is -2.08. The van der Waals surface area contributed by atoms with Crippen molar-refractivity contribution in [1.29, 1.82) is 0 Å². The highest BCUT2D eigenvalue weighted by atomic mass is 35.5. The maximum Gasteiger partial charge on any atom is 0.417 e. The van der Waals surface area contributed by atoms with Gasteiger partial charge in [-0.3, -0.25) is 0 Å². The second-order valence-corrected chi connectivity index (χ2v) is 4.36. The summed E-state index contributed by atoms with van der Waals surface area (Å²) >= 11 is 5.58. The van der Waals surface area contributed by atoms with Crippen molar-refractivity contribution in [2.75, 3.05) is 5.73 Å². The van der Waals surface area contributed by atoms with Gasteiger partial charge in [-0.25, -0.2) is 0 Å². The Morgan fingerprint density at radius 2 is 1.45 bits per heavy atom. The molecule has 0 saturated carbocycles. The van der Waals surface area contributed by atoms with E-state index >= 15 is 0 Å². The third-order valence-electron chi connectivity index (χ3n) is 2.43. The molecule has 2 N–H and O–H groups in total. The monoisotopic (exact) mass is 299 g/mol. The average molecular weight is 300 g/mol. The Kier molecular flexibility index (Phi) is 3.94. The second-order valence-electron chi connectivity index (χ2n) is 3.95. The first-order valence-electron chi connectivity index (χ1n) is 5.50. The molecule has 0 unspecified atom stereocenters. The van der Waals surface area contributed by atoms with Crippen molar-refractivity contribution in [1.82, 2.24) is 0 Å². The van der Waals surface area contributed by atoms with Crippen LogP contribution in [0.5, 0.6) is 0 Å². The smallest absolute Gasteiger partial charge is 0.399 e. The van der Waals surface area contributed by atoms with E-state index in [1.165, 1.54) is 6.07 Å². The summed E-state index contributed by atoms with van der Waals surface area (Å²) in [6.07, 6.45) is -4.48. The van der Waals surface area contributed by atoms with Crippen LogP contribution in [0.2, 0.25) is 5.02 Å². The fourth-order valence-corrected chi connectivity index (χ4v) is 1.73. The number of halogens is 4. The summed E-state index contributed by atoms with van der Waals surface area (Å²) < 4.78 is 37.6. The van der Waals surface area contributed by atoms with Crippen LogP contribution in [0.1, 0.15) is 5.56 Å². The molecule has 0 heterocycles. The first kappa shape index (κ1) is 14.3. The van der Waals surface area contributed by atoms with Crippen LogP contribution in [-0.2, 0) is 6.18 Å². The van der Waals surface area contributed by atoms with Gasteiger partial charge in [-0.05, 0) is 42.5 Å². The molecule has 20 heavy (non-hydrogen) atoms. The Morgan fingerprint density at radius 1 is 0.900 bits per heavy atom. The van der Waals surface area contributed by atoms with E-state index in [4.69, 9.17) is 17.3 Å². The third kappa shape index (κ3) is 3.48. The molecular formula is C13H9ClF3N3. The average Bonchev–Trinajstić information content (AvgIpc) is 2.36. The molecule has 3 nitrogen and oxygen atoms in total. The number of nitrogen functional groups attached to an aromatic ring is 1. The highest BCUT2D eigenvalue weighted by Crippen LogP contribution is 2.36. The van der Waals surface area contributed by atoms with Gasteiger partial charge in [0.15, 0.2) is 0 Å². The van der Waals surface area contributed by atoms with Crippen LogP contribution in [0.15, 0.2) is 52.7 Å². The number of hydrogen-bond acceptors (Lipinski definition) is 3. The molecule has 7 heteroatoms. The topological polar surface area (TPSA) is 50.7 Å². The Balaban J connectivity index is 2.22. The molecule has 0 aliphatic rings. The number of benzene rings is 2. The van der Waals surface area contributed by atoms with Gasteiger partial charge in [-0.15, -0.1) is 0 Å². The van der Waals surface area contributed by atoms with E-state index in [1.54, 1.807) is 24.3 Å². The lowest BCUT2D eigenvalue weighted by atomic mass is 10.2. The van der Waals surface area contributed by atoms with Crippen molar-refractivity contribution >= 4 is 28.7 Å². The van der Waals surface area contributed by atoms with Crippen molar-refractivity contribution < 1.29 is 13.2 Å². The summed E-state index contributed by atoms with van der Waals surface area (Å²) in [6, 6.07) is 9.78. The summed E-state index contributed by atoms with van der Waals surface area (Å²) in [5.74, 6) is 0. The van der Waals surface area contributed by atoms with Gasteiger partial charge in [-0.2, -0.15) is 23.4 Å². The number of azo groups is 1. The first-order valence-corrected chi connectivity index (χ1v) is 5.88. The maximum atomic E-state index is 12.5. The largest absolute Gasteiger partial charge is 0.417 e. The molecule has 0 saturated heterocycles. The van der Waals surface area contributed by atoms with Crippen molar-refractivity contribution in [3.8, 4) is 0 Å². The molecule has 104 valence electrons. The van der Waals surface area contributed by atoms with E-state index in [0.717, 1.165) is 12.1 Å². The zero-order valence-corrected chi connectivity index (χ0v) is 10.8. The molecule has 2 aromatic rings. The van der Waals surface area contributed by atoms with Gasteiger partial charge >= 0.3 is 6.18 Å². The predicted molar refractivity (Wildman–Crippen MR) is 71.5 cm³/mol. The molecule has 0 fully saturated rings. The number of nitrogens with zero attached hydrogens (tertiary/aromatic N) is 2. The highest BCUT2D eigenvalue weighted by molar-refractivity contribution is 6.31. The molecule has 2 rings (SSSR count). The predicted octanol–water partition coefficient (Wildman–Crippen LogP) is 5.36. The van der Waals surface area contributed by atoms with Gasteiger partial charge < -0.3 is 5.73 Å². The Labute approximate surface area is 117 Å². The van der Waals surface area contributed by atoms with Crippen molar-refractivity contribution in [3.63, 3.8) is 0 Å². The zero-order chi connectivity index (χ0) is 14.8. The van der Waals surface area contributed by atoms with E-state index in [1.807, 2.05) is 0 Å². The summed E-state index contributed by atoms with van der Waals surface area (Å²) in [5.41, 5.74) is 5.98. The number of anilines is 1. The molecular weight excluding hydrogens is 291 g/mol. The summed E-state index contributed by atoms with van der Waals surface area (Å²) in [4.78, 5) is 0. The standard InChI is InChI=1S/C13H9ClF3N3/c14-12-7-10(5-6-11(12)13(15,16)17)20-19-9-3-1-8(18)2-4-9/h1-7H,18H2/b20-19+. The second kappa shape index (κ2) is 5.50. The van der Waals surface area contributed by atoms with E-state index in [2.05, 4.69) is 10.2 Å². The summed E-state index contributed by atoms with van der Waals surface area (Å²) in [7, 11) is 0. The molecule has 2 aromatic carbocycles. The van der Waals surface area contributed by atoms with Crippen LogP contribution >= 0.6 is 11.6 Å². The lowest BCUT2D eigenvalue weighted by Crippen LogP contribution is -2.05. The van der Waals surface area contributed by atoms with Gasteiger partial charge in [-0.1, -0.05) is 11.6 Å². The van der Waals surface area contributed by atoms with Crippen LogP contribution in [0.4, 0.5) is 30.2 Å². The van der Waals surface area contributed by atoms with Crippen LogP contribution in [0, 0.1) is 0 Å². The van der Waals surface area contributed by atoms with E-state index in [-0.39, 0.29) is 5.69 Å². The van der Waals surface area contributed by atoms with Crippen molar-refractivity contribution in [3.05, 3.63) is 53.1 Å². The van der Waals surface area contributed by atoms with Gasteiger partial charge in [0.1, 0.15) is 0 Å². The first-order chi connectivity index (χ1) is 9.36. The van der Waals surface area contributed by atoms with Gasteiger partial charge in [0.05, 0.1) is 22.0 Å². The van der Waals surface area contributed by atoms with Crippen LogP contribution < -0.4 is 5.73 Å². The quantitative estimate of drug-likeness (QED) is 0.589. The number of nitrogens with two attached hydrogens (primary N) is 1. The Bertz CT molecular complexity index is 636. The molecule has 0 spiro atoms. The fraction of sp³-hybridized carbons (Fsp3) is 0.0769. The minimum absolute atomic E-state index is 0.236. The van der Waals surface area contributed by atoms with E-state index in [0.29, 0.717) is 11.4 Å². The normalized spacial score (nSPS) is 12.0. The van der Waals surface area contributed by atoms with Gasteiger partial charge in [0.25, 0.3) is 0 Å². The number of hydrogen-bond donors (Lipinski definition) is 1. The maximum absolute atomic E-state index is 12.5. The van der Waals surface area contributed by atoms with Crippen LogP contribution in [0.25, 0.3) is 0 Å². The number of alkyl halides is 3. The summed E-state index contributed by atoms with van der Waals surface area (Å²) in [5, 5.41) is 7.29. The Morgan fingerprint density at radius 3 is 2.00 bits per heavy atom. The molecule has 0 radical (unpaired) electrons. The third-order valence-corrected chi connectivity index (χ3v) is 2.74. The molecule has 0 aliphatic heterocycles. The van der Waals surface area contributed by atoms with Crippen LogP contribution in [-0.4, -0.2) is 0 Å². The number of rotatable bonds is 2. The van der Waals surface area contributed by atoms with Crippen molar-refractivity contribution in [2.24, 2.45) is 10.2 Å². The lowest BCUT2D eigenvalue weighted by Gasteiger charge is -2.08. The van der Waals surface area contributed by atoms with E-state index in [9.17, 15) is 13.2 Å². The zero-order valence-electron chi connectivity index (χ0n) is 10.0. The van der Waals surface area contributed by atoms with Gasteiger partial charge in [0.2, 0.25) is 0 Å².